The van der Waals surface area contributed by atoms with E-state index >= 15 is 0 Å². The molecule has 6 heteroatoms. The van der Waals surface area contributed by atoms with Crippen molar-refractivity contribution in [2.45, 2.75) is 23.0 Å². The van der Waals surface area contributed by atoms with Crippen molar-refractivity contribution in [2.75, 3.05) is 18.8 Å². The summed E-state index contributed by atoms with van der Waals surface area (Å²) in [6.45, 7) is 2.10. The predicted octanol–water partition coefficient (Wildman–Crippen LogP) is 4.68. The van der Waals surface area contributed by atoms with Crippen molar-refractivity contribution in [1.82, 2.24) is 15.3 Å². The third-order valence-corrected chi connectivity index (χ3v) is 6.26. The Labute approximate surface area is 169 Å². The number of pyridine rings is 2. The van der Waals surface area contributed by atoms with Gasteiger partial charge >= 0.3 is 0 Å². The molecule has 0 saturated carbocycles. The number of aromatic nitrogens is 2. The van der Waals surface area contributed by atoms with Crippen LogP contribution in [0.25, 0.3) is 0 Å². The quantitative estimate of drug-likeness (QED) is 0.593. The molecule has 3 heterocycles. The van der Waals surface area contributed by atoms with E-state index in [-0.39, 0.29) is 5.25 Å². The SMILES string of the molecule is Nc1ncc(SC(c2ccccn2)C2CCNCC2)cc1Oc1ccccc1. The lowest BCUT2D eigenvalue weighted by atomic mass is 9.92. The summed E-state index contributed by atoms with van der Waals surface area (Å²) in [5.74, 6) is 2.29. The topological polar surface area (TPSA) is 73.1 Å². The zero-order chi connectivity index (χ0) is 19.2. The number of hydrogen-bond acceptors (Lipinski definition) is 6. The molecule has 1 fully saturated rings. The number of nitrogens with zero attached hydrogens (tertiary/aromatic N) is 2. The number of anilines is 1. The highest BCUT2D eigenvalue weighted by molar-refractivity contribution is 7.99. The van der Waals surface area contributed by atoms with Gasteiger partial charge in [-0.1, -0.05) is 24.3 Å². The first-order valence-corrected chi connectivity index (χ1v) is 10.4. The maximum atomic E-state index is 6.06. The number of para-hydroxylation sites is 1. The molecule has 0 amide bonds. The van der Waals surface area contributed by atoms with Gasteiger partial charge < -0.3 is 15.8 Å². The molecule has 1 aromatic carbocycles. The highest BCUT2D eigenvalue weighted by Crippen LogP contribution is 2.44. The molecule has 2 aromatic heterocycles. The molecule has 0 bridgehead atoms. The van der Waals surface area contributed by atoms with Crippen LogP contribution in [0.3, 0.4) is 0 Å². The van der Waals surface area contributed by atoms with E-state index in [0.717, 1.165) is 42.3 Å². The maximum absolute atomic E-state index is 6.06. The van der Waals surface area contributed by atoms with E-state index in [4.69, 9.17) is 10.5 Å². The monoisotopic (exact) mass is 392 g/mol. The lowest BCUT2D eigenvalue weighted by Gasteiger charge is -2.30. The van der Waals surface area contributed by atoms with Gasteiger partial charge in [-0.15, -0.1) is 11.8 Å². The van der Waals surface area contributed by atoms with Gasteiger partial charge in [-0.2, -0.15) is 0 Å². The first-order valence-electron chi connectivity index (χ1n) is 9.56. The summed E-state index contributed by atoms with van der Waals surface area (Å²) in [6, 6.07) is 17.8. The molecule has 0 aliphatic carbocycles. The highest BCUT2D eigenvalue weighted by atomic mass is 32.2. The van der Waals surface area contributed by atoms with E-state index in [1.54, 1.807) is 11.8 Å². The van der Waals surface area contributed by atoms with Crippen LogP contribution in [0.5, 0.6) is 11.5 Å². The second-order valence-electron chi connectivity index (χ2n) is 6.85. The van der Waals surface area contributed by atoms with Gasteiger partial charge in [0.15, 0.2) is 11.6 Å². The molecule has 0 spiro atoms. The second-order valence-corrected chi connectivity index (χ2v) is 8.06. The third kappa shape index (κ3) is 4.64. The van der Waals surface area contributed by atoms with Crippen molar-refractivity contribution in [1.29, 1.82) is 0 Å². The van der Waals surface area contributed by atoms with Gasteiger partial charge in [0.1, 0.15) is 5.75 Å². The van der Waals surface area contributed by atoms with Gasteiger partial charge in [0.05, 0.1) is 10.9 Å². The summed E-state index contributed by atoms with van der Waals surface area (Å²) in [7, 11) is 0. The van der Waals surface area contributed by atoms with Crippen LogP contribution in [0.4, 0.5) is 5.82 Å². The van der Waals surface area contributed by atoms with Gasteiger partial charge in [0.2, 0.25) is 0 Å². The van der Waals surface area contributed by atoms with Crippen molar-refractivity contribution < 1.29 is 4.74 Å². The fourth-order valence-corrected chi connectivity index (χ4v) is 4.74. The molecule has 3 N–H and O–H groups in total. The summed E-state index contributed by atoms with van der Waals surface area (Å²) in [6.07, 6.45) is 5.98. The van der Waals surface area contributed by atoms with Crippen molar-refractivity contribution in [2.24, 2.45) is 5.92 Å². The van der Waals surface area contributed by atoms with E-state index in [0.29, 0.717) is 17.5 Å². The Morgan fingerprint density at radius 1 is 1.04 bits per heavy atom. The number of thioether (sulfide) groups is 1. The average Bonchev–Trinajstić information content (AvgIpc) is 2.76. The molecule has 5 nitrogen and oxygen atoms in total. The number of nitrogens with two attached hydrogens (primary N) is 1. The van der Waals surface area contributed by atoms with Gasteiger partial charge in [0.25, 0.3) is 0 Å². The van der Waals surface area contributed by atoms with Crippen LogP contribution in [0.2, 0.25) is 0 Å². The van der Waals surface area contributed by atoms with E-state index in [2.05, 4.69) is 27.4 Å². The molecule has 1 atom stereocenters. The fraction of sp³-hybridized carbons (Fsp3) is 0.273. The highest BCUT2D eigenvalue weighted by Gasteiger charge is 2.27. The number of nitrogens with one attached hydrogen (secondary N) is 1. The third-order valence-electron chi connectivity index (χ3n) is 4.88. The number of nitrogen functional groups attached to an aromatic ring is 1. The Hall–Kier alpha value is -2.57. The lowest BCUT2D eigenvalue weighted by Crippen LogP contribution is -2.30. The number of rotatable bonds is 6. The maximum Gasteiger partial charge on any atom is 0.170 e. The van der Waals surface area contributed by atoms with E-state index in [9.17, 15) is 0 Å². The largest absolute Gasteiger partial charge is 0.453 e. The van der Waals surface area contributed by atoms with Gasteiger partial charge in [0, 0.05) is 17.3 Å². The Kier molecular flexibility index (Phi) is 6.09. The van der Waals surface area contributed by atoms with Crippen molar-refractivity contribution in [3.8, 4) is 11.5 Å². The van der Waals surface area contributed by atoms with Crippen LogP contribution in [0.1, 0.15) is 23.8 Å². The summed E-state index contributed by atoms with van der Waals surface area (Å²) in [4.78, 5) is 10.0. The molecule has 1 aliphatic heterocycles. The Balaban J connectivity index is 1.58. The summed E-state index contributed by atoms with van der Waals surface area (Å²) in [5.41, 5.74) is 7.17. The first kappa shape index (κ1) is 18.8. The summed E-state index contributed by atoms with van der Waals surface area (Å²) in [5, 5.41) is 3.73. The molecule has 1 aliphatic rings. The van der Waals surface area contributed by atoms with Crippen molar-refractivity contribution in [3.63, 3.8) is 0 Å². The minimum absolute atomic E-state index is 0.276. The summed E-state index contributed by atoms with van der Waals surface area (Å²) >= 11 is 1.79. The number of benzene rings is 1. The Morgan fingerprint density at radius 2 is 1.82 bits per heavy atom. The van der Waals surface area contributed by atoms with Crippen LogP contribution in [0, 0.1) is 5.92 Å². The number of hydrogen-bond donors (Lipinski definition) is 2. The van der Waals surface area contributed by atoms with Crippen LogP contribution in [-0.2, 0) is 0 Å². The van der Waals surface area contributed by atoms with Crippen LogP contribution >= 0.6 is 11.8 Å². The number of piperidine rings is 1. The van der Waals surface area contributed by atoms with E-state index in [1.807, 2.05) is 54.9 Å². The Bertz CT molecular complexity index is 886. The fourth-order valence-electron chi connectivity index (χ4n) is 3.43. The zero-order valence-corrected chi connectivity index (χ0v) is 16.4. The molecule has 3 aromatic rings. The first-order chi connectivity index (χ1) is 13.8. The zero-order valence-electron chi connectivity index (χ0n) is 15.6. The van der Waals surface area contributed by atoms with Crippen molar-refractivity contribution in [3.05, 3.63) is 72.7 Å². The smallest absolute Gasteiger partial charge is 0.170 e. The Morgan fingerprint density at radius 3 is 2.57 bits per heavy atom. The minimum atomic E-state index is 0.276. The van der Waals surface area contributed by atoms with Crippen LogP contribution in [0.15, 0.2) is 71.9 Å². The van der Waals surface area contributed by atoms with E-state index < -0.39 is 0 Å². The standard InChI is InChI=1S/C22H24N4OS/c23-22-20(27-17-6-2-1-3-7-17)14-18(15-26-22)28-21(16-9-12-24-13-10-16)19-8-4-5-11-25-19/h1-8,11,14-16,21,24H,9-10,12-13H2,(H2,23,26). The van der Waals surface area contributed by atoms with Crippen molar-refractivity contribution >= 4 is 17.6 Å². The molecule has 0 radical (unpaired) electrons. The second kappa shape index (κ2) is 9.08. The molecule has 28 heavy (non-hydrogen) atoms. The molecule has 144 valence electrons. The lowest BCUT2D eigenvalue weighted by molar-refractivity contribution is 0.364. The molecular weight excluding hydrogens is 368 g/mol. The van der Waals surface area contributed by atoms with Gasteiger partial charge in [-0.3, -0.25) is 4.98 Å². The summed E-state index contributed by atoms with van der Waals surface area (Å²) < 4.78 is 5.96. The molecule has 1 unspecified atom stereocenters. The molecular formula is C22H24N4OS. The van der Waals surface area contributed by atoms with E-state index in [1.165, 1.54) is 0 Å². The molecule has 1 saturated heterocycles. The van der Waals surface area contributed by atoms with Crippen LogP contribution < -0.4 is 15.8 Å². The average molecular weight is 393 g/mol. The normalized spacial score (nSPS) is 15.9. The number of ether oxygens (including phenoxy) is 1. The van der Waals surface area contributed by atoms with Gasteiger partial charge in [-0.25, -0.2) is 4.98 Å². The van der Waals surface area contributed by atoms with Gasteiger partial charge in [-0.05, 0) is 62.2 Å². The minimum Gasteiger partial charge on any atom is -0.453 e. The van der Waals surface area contributed by atoms with Crippen LogP contribution in [-0.4, -0.2) is 23.1 Å². The predicted molar refractivity (Wildman–Crippen MR) is 114 cm³/mol. The molecule has 4 rings (SSSR count).